The number of amides is 1. The number of carbonyl (C=O) groups excluding carboxylic acids is 1. The summed E-state index contributed by atoms with van der Waals surface area (Å²) in [7, 11) is -2.17. The van der Waals surface area contributed by atoms with Gasteiger partial charge in [0.25, 0.3) is 15.9 Å². The predicted octanol–water partition coefficient (Wildman–Crippen LogP) is 4.23. The predicted molar refractivity (Wildman–Crippen MR) is 119 cm³/mol. The summed E-state index contributed by atoms with van der Waals surface area (Å²) in [5, 5.41) is 2.41. The minimum absolute atomic E-state index is 0.0120. The molecule has 1 fully saturated rings. The first-order valence-electron chi connectivity index (χ1n) is 9.40. The van der Waals surface area contributed by atoms with Gasteiger partial charge in [-0.1, -0.05) is 0 Å². The number of methoxy groups -OCH3 is 1. The van der Waals surface area contributed by atoms with Gasteiger partial charge < -0.3 is 9.64 Å². The molecule has 1 saturated heterocycles. The molecule has 0 bridgehead atoms. The molecule has 1 amide bonds. The highest BCUT2D eigenvalue weighted by molar-refractivity contribution is 7.94. The van der Waals surface area contributed by atoms with Crippen LogP contribution in [0.2, 0.25) is 0 Å². The Labute approximate surface area is 183 Å². The van der Waals surface area contributed by atoms with Gasteiger partial charge in [0, 0.05) is 29.7 Å². The van der Waals surface area contributed by atoms with Crippen molar-refractivity contribution in [3.05, 3.63) is 46.3 Å². The number of carbonyl (C=O) groups is 1. The molecule has 0 radical (unpaired) electrons. The van der Waals surface area contributed by atoms with Gasteiger partial charge in [-0.05, 0) is 50.1 Å². The minimum Gasteiger partial charge on any atom is -0.497 e. The average molecular weight is 464 g/mol. The number of thiophene rings is 1. The van der Waals surface area contributed by atoms with E-state index >= 15 is 0 Å². The molecule has 4 rings (SSSR count). The molecular formula is C20H21N3O4S3. The molecule has 0 unspecified atom stereocenters. The third kappa shape index (κ3) is 4.21. The van der Waals surface area contributed by atoms with Crippen molar-refractivity contribution < 1.29 is 17.9 Å². The van der Waals surface area contributed by atoms with Gasteiger partial charge in [-0.25, -0.2) is 13.4 Å². The van der Waals surface area contributed by atoms with Crippen LogP contribution in [0.1, 0.15) is 28.2 Å². The topological polar surface area (TPSA) is 88.6 Å². The molecule has 30 heavy (non-hydrogen) atoms. The molecule has 1 aliphatic heterocycles. The maximum atomic E-state index is 12.7. The molecule has 1 aromatic carbocycles. The van der Waals surface area contributed by atoms with E-state index in [4.69, 9.17) is 4.74 Å². The summed E-state index contributed by atoms with van der Waals surface area (Å²) in [5.41, 5.74) is 1.83. The molecule has 10 heteroatoms. The highest BCUT2D eigenvalue weighted by atomic mass is 32.2. The number of nitrogens with zero attached hydrogens (tertiary/aromatic N) is 2. The van der Waals surface area contributed by atoms with E-state index in [9.17, 15) is 13.2 Å². The van der Waals surface area contributed by atoms with Gasteiger partial charge in [-0.15, -0.1) is 22.7 Å². The summed E-state index contributed by atoms with van der Waals surface area (Å²) in [6, 6.07) is 8.26. The lowest BCUT2D eigenvalue weighted by atomic mass is 10.3. The van der Waals surface area contributed by atoms with Crippen LogP contribution in [0.5, 0.6) is 5.75 Å². The average Bonchev–Trinajstić information content (AvgIpc) is 3.48. The number of nitrogens with one attached hydrogen (secondary N) is 1. The third-order valence-corrected chi connectivity index (χ3v) is 8.83. The van der Waals surface area contributed by atoms with E-state index in [1.807, 2.05) is 11.8 Å². The van der Waals surface area contributed by atoms with Crippen molar-refractivity contribution in [2.75, 3.05) is 24.9 Å². The lowest BCUT2D eigenvalue weighted by molar-refractivity contribution is 0.0796. The third-order valence-electron chi connectivity index (χ3n) is 4.81. The number of benzene rings is 1. The quantitative estimate of drug-likeness (QED) is 0.591. The van der Waals surface area contributed by atoms with Gasteiger partial charge in [-0.2, -0.15) is 0 Å². The first-order valence-corrected chi connectivity index (χ1v) is 12.6. The number of rotatable bonds is 6. The molecule has 1 aliphatic rings. The zero-order chi connectivity index (χ0) is 21.3. The summed E-state index contributed by atoms with van der Waals surface area (Å²) in [5.74, 6) is 0.660. The molecule has 0 saturated carbocycles. The minimum atomic E-state index is -3.72. The lowest BCUT2D eigenvalue weighted by Crippen LogP contribution is -2.27. The van der Waals surface area contributed by atoms with Crippen molar-refractivity contribution in [3.63, 3.8) is 0 Å². The Kier molecular flexibility index (Phi) is 5.81. The van der Waals surface area contributed by atoms with E-state index < -0.39 is 10.0 Å². The summed E-state index contributed by atoms with van der Waals surface area (Å²) < 4.78 is 33.3. The zero-order valence-electron chi connectivity index (χ0n) is 16.5. The first kappa shape index (κ1) is 20.8. The zero-order valence-corrected chi connectivity index (χ0v) is 19.0. The van der Waals surface area contributed by atoms with Gasteiger partial charge >= 0.3 is 0 Å². The van der Waals surface area contributed by atoms with Gasteiger partial charge in [0.1, 0.15) is 19.8 Å². The van der Waals surface area contributed by atoms with Crippen molar-refractivity contribution in [1.29, 1.82) is 0 Å². The van der Waals surface area contributed by atoms with Gasteiger partial charge in [0.05, 0.1) is 12.8 Å². The van der Waals surface area contributed by atoms with Crippen LogP contribution >= 0.6 is 22.7 Å². The van der Waals surface area contributed by atoms with Crippen molar-refractivity contribution in [2.45, 2.75) is 24.0 Å². The number of aryl methyl sites for hydroxylation is 1. The molecule has 0 spiro atoms. The number of likely N-dealkylation sites (tertiary alicyclic amines) is 1. The Morgan fingerprint density at radius 3 is 2.57 bits per heavy atom. The van der Waals surface area contributed by atoms with Crippen molar-refractivity contribution >= 4 is 44.3 Å². The summed E-state index contributed by atoms with van der Waals surface area (Å²) >= 11 is 2.44. The maximum absolute atomic E-state index is 12.7. The summed E-state index contributed by atoms with van der Waals surface area (Å²) in [4.78, 5) is 19.7. The van der Waals surface area contributed by atoms with Crippen LogP contribution in [0.15, 0.2) is 39.9 Å². The fourth-order valence-electron chi connectivity index (χ4n) is 3.22. The van der Waals surface area contributed by atoms with Gasteiger partial charge in [0.2, 0.25) is 0 Å². The number of anilines is 1. The second kappa shape index (κ2) is 8.37. The van der Waals surface area contributed by atoms with Gasteiger partial charge in [-0.3, -0.25) is 9.52 Å². The van der Waals surface area contributed by atoms with E-state index in [2.05, 4.69) is 9.71 Å². The number of ether oxygens (including phenoxy) is 1. The van der Waals surface area contributed by atoms with Crippen molar-refractivity contribution in [2.24, 2.45) is 0 Å². The number of hydrogen-bond donors (Lipinski definition) is 1. The van der Waals surface area contributed by atoms with E-state index in [-0.39, 0.29) is 10.1 Å². The number of aromatic nitrogens is 1. The summed E-state index contributed by atoms with van der Waals surface area (Å²) in [6.45, 7) is 3.38. The van der Waals surface area contributed by atoms with Crippen LogP contribution in [-0.4, -0.2) is 44.4 Å². The molecular weight excluding hydrogens is 442 g/mol. The highest BCUT2D eigenvalue weighted by Crippen LogP contribution is 2.34. The normalized spacial score (nSPS) is 14.1. The first-order chi connectivity index (χ1) is 14.4. The molecule has 3 heterocycles. The Morgan fingerprint density at radius 2 is 1.90 bits per heavy atom. The van der Waals surface area contributed by atoms with E-state index in [1.165, 1.54) is 11.3 Å². The Morgan fingerprint density at radius 1 is 1.20 bits per heavy atom. The maximum Gasteiger partial charge on any atom is 0.271 e. The van der Waals surface area contributed by atoms with Crippen LogP contribution in [-0.2, 0) is 10.0 Å². The van der Waals surface area contributed by atoms with Gasteiger partial charge in [0.15, 0.2) is 0 Å². The standard InChI is InChI=1S/C20H21N3O4S3/c1-13-18(20(24)23-9-3-4-10-23)29-19(21-13)14-11-17(28-12-14)30(25,26)22-15-5-7-16(27-2)8-6-15/h5-8,11-12,22H,3-4,9-10H2,1-2H3. The fourth-order valence-corrected chi connectivity index (χ4v) is 6.54. The number of hydrogen-bond acceptors (Lipinski definition) is 7. The number of thiazole rings is 1. The molecule has 0 atom stereocenters. The van der Waals surface area contributed by atoms with Crippen LogP contribution in [0.4, 0.5) is 5.69 Å². The Hall–Kier alpha value is -2.43. The second-order valence-electron chi connectivity index (χ2n) is 6.92. The van der Waals surface area contributed by atoms with Crippen LogP contribution < -0.4 is 9.46 Å². The van der Waals surface area contributed by atoms with Crippen molar-refractivity contribution in [3.8, 4) is 16.3 Å². The molecule has 7 nitrogen and oxygen atoms in total. The highest BCUT2D eigenvalue weighted by Gasteiger charge is 2.25. The monoisotopic (exact) mass is 463 g/mol. The number of sulfonamides is 1. The molecule has 2 aromatic heterocycles. The molecule has 0 aliphatic carbocycles. The molecule has 3 aromatic rings. The second-order valence-corrected chi connectivity index (χ2v) is 10.7. The van der Waals surface area contributed by atoms with Crippen LogP contribution in [0.25, 0.3) is 10.6 Å². The van der Waals surface area contributed by atoms with Crippen molar-refractivity contribution in [1.82, 2.24) is 9.88 Å². The SMILES string of the molecule is COc1ccc(NS(=O)(=O)c2cc(-c3nc(C)c(C(=O)N4CCCC4)s3)cs2)cc1. The van der Waals surface area contributed by atoms with Crippen LogP contribution in [0.3, 0.4) is 0 Å². The Bertz CT molecular complexity index is 1160. The summed E-state index contributed by atoms with van der Waals surface area (Å²) in [6.07, 6.45) is 2.06. The molecule has 158 valence electrons. The fraction of sp³-hybridized carbons (Fsp3) is 0.300. The van der Waals surface area contributed by atoms with Crippen LogP contribution in [0, 0.1) is 6.92 Å². The smallest absolute Gasteiger partial charge is 0.271 e. The molecule has 1 N–H and O–H groups in total. The van der Waals surface area contributed by atoms with E-state index in [0.29, 0.717) is 32.6 Å². The Balaban J connectivity index is 1.54. The largest absolute Gasteiger partial charge is 0.497 e. The van der Waals surface area contributed by atoms with E-state index in [1.54, 1.807) is 42.8 Å². The van der Waals surface area contributed by atoms with E-state index in [0.717, 1.165) is 37.3 Å². The lowest BCUT2D eigenvalue weighted by Gasteiger charge is -2.13.